The van der Waals surface area contributed by atoms with E-state index in [1.165, 1.54) is 12.8 Å². The van der Waals surface area contributed by atoms with Crippen molar-refractivity contribution in [2.24, 2.45) is 5.92 Å². The Morgan fingerprint density at radius 1 is 1.11 bits per heavy atom. The van der Waals surface area contributed by atoms with E-state index in [9.17, 15) is 4.79 Å². The molecule has 2 aromatic rings. The Hall–Kier alpha value is -2.37. The van der Waals surface area contributed by atoms with Crippen LogP contribution in [0.15, 0.2) is 48.5 Å². The third-order valence-corrected chi connectivity index (χ3v) is 4.87. The predicted octanol–water partition coefficient (Wildman–Crippen LogP) is 3.10. The third kappa shape index (κ3) is 6.38. The summed E-state index contributed by atoms with van der Waals surface area (Å²) < 4.78 is 5.78. The summed E-state index contributed by atoms with van der Waals surface area (Å²) in [5.41, 5.74) is 3.02. The van der Waals surface area contributed by atoms with Crippen molar-refractivity contribution in [2.45, 2.75) is 26.3 Å². The van der Waals surface area contributed by atoms with E-state index < -0.39 is 0 Å². The molecule has 5 heteroatoms. The number of carbonyl (C=O) groups is 1. The zero-order valence-corrected chi connectivity index (χ0v) is 16.0. The molecule has 0 atom stereocenters. The highest BCUT2D eigenvalue weighted by Crippen LogP contribution is 2.18. The minimum atomic E-state index is -0.156. The minimum absolute atomic E-state index is 0.000809. The van der Waals surface area contributed by atoms with Crippen LogP contribution >= 0.6 is 0 Å². The summed E-state index contributed by atoms with van der Waals surface area (Å²) in [6, 6.07) is 15.6. The molecule has 144 valence electrons. The molecule has 3 N–H and O–H groups in total. The van der Waals surface area contributed by atoms with Crippen LogP contribution < -0.4 is 20.7 Å². The summed E-state index contributed by atoms with van der Waals surface area (Å²) in [5.74, 6) is 1.34. The van der Waals surface area contributed by atoms with E-state index in [1.54, 1.807) is 0 Å². The van der Waals surface area contributed by atoms with Gasteiger partial charge in [-0.3, -0.25) is 4.79 Å². The van der Waals surface area contributed by atoms with Crippen LogP contribution in [-0.4, -0.2) is 32.1 Å². The second kappa shape index (κ2) is 10.1. The first-order chi connectivity index (χ1) is 13.2. The number of piperidine rings is 1. The van der Waals surface area contributed by atoms with Crippen LogP contribution in [0.3, 0.4) is 0 Å². The lowest BCUT2D eigenvalue weighted by atomic mass is 9.98. The number of carbonyl (C=O) groups excluding carboxylic acids is 1. The average Bonchev–Trinajstić information content (AvgIpc) is 2.70. The second-order valence-corrected chi connectivity index (χ2v) is 7.13. The molecule has 2 aromatic carbocycles. The summed E-state index contributed by atoms with van der Waals surface area (Å²) >= 11 is 0. The van der Waals surface area contributed by atoms with Gasteiger partial charge in [0.15, 0.2) is 6.61 Å². The van der Waals surface area contributed by atoms with E-state index in [2.05, 4.69) is 16.0 Å². The molecule has 5 nitrogen and oxygen atoms in total. The standard InChI is InChI=1S/C22H29N3O2/c1-17-6-8-20(9-7-17)25-22(26)16-27-21-5-3-2-4-19(21)15-24-14-18-10-12-23-13-11-18/h2-9,18,23-24H,10-16H2,1H3,(H,25,26). The second-order valence-electron chi connectivity index (χ2n) is 7.13. The summed E-state index contributed by atoms with van der Waals surface area (Å²) in [7, 11) is 0. The Kier molecular flexibility index (Phi) is 7.25. The van der Waals surface area contributed by atoms with Gasteiger partial charge in [-0.15, -0.1) is 0 Å². The Balaban J connectivity index is 1.46. The highest BCUT2D eigenvalue weighted by Gasteiger charge is 2.13. The van der Waals surface area contributed by atoms with Gasteiger partial charge in [0, 0.05) is 17.8 Å². The van der Waals surface area contributed by atoms with Gasteiger partial charge >= 0.3 is 0 Å². The highest BCUT2D eigenvalue weighted by molar-refractivity contribution is 5.91. The Bertz CT molecular complexity index is 725. The monoisotopic (exact) mass is 367 g/mol. The van der Waals surface area contributed by atoms with Gasteiger partial charge in [0.1, 0.15) is 5.75 Å². The molecule has 1 amide bonds. The van der Waals surface area contributed by atoms with Crippen molar-refractivity contribution in [3.8, 4) is 5.75 Å². The van der Waals surface area contributed by atoms with E-state index in [4.69, 9.17) is 4.74 Å². The molecular weight excluding hydrogens is 338 g/mol. The first-order valence-corrected chi connectivity index (χ1v) is 9.69. The maximum absolute atomic E-state index is 12.1. The van der Waals surface area contributed by atoms with Gasteiger partial charge in [0.2, 0.25) is 0 Å². The summed E-state index contributed by atoms with van der Waals surface area (Å²) in [5, 5.41) is 9.79. The highest BCUT2D eigenvalue weighted by atomic mass is 16.5. The fraction of sp³-hybridized carbons (Fsp3) is 0.409. The van der Waals surface area contributed by atoms with Gasteiger partial charge < -0.3 is 20.7 Å². The normalized spacial score (nSPS) is 14.7. The van der Waals surface area contributed by atoms with Gasteiger partial charge in [-0.25, -0.2) is 0 Å². The fourth-order valence-electron chi connectivity index (χ4n) is 3.26. The smallest absolute Gasteiger partial charge is 0.262 e. The number of nitrogens with one attached hydrogen (secondary N) is 3. The molecule has 3 rings (SSSR count). The fourth-order valence-corrected chi connectivity index (χ4v) is 3.26. The lowest BCUT2D eigenvalue weighted by Gasteiger charge is -2.23. The van der Waals surface area contributed by atoms with Crippen molar-refractivity contribution in [1.29, 1.82) is 0 Å². The van der Waals surface area contributed by atoms with Crippen LogP contribution in [0.5, 0.6) is 5.75 Å². The van der Waals surface area contributed by atoms with E-state index in [-0.39, 0.29) is 12.5 Å². The Morgan fingerprint density at radius 3 is 2.63 bits per heavy atom. The molecule has 0 unspecified atom stereocenters. The van der Waals surface area contributed by atoms with Crippen molar-refractivity contribution < 1.29 is 9.53 Å². The summed E-state index contributed by atoms with van der Waals surface area (Å²) in [4.78, 5) is 12.1. The van der Waals surface area contributed by atoms with Crippen molar-refractivity contribution in [3.63, 3.8) is 0 Å². The van der Waals surface area contributed by atoms with Crippen LogP contribution in [-0.2, 0) is 11.3 Å². The number of amides is 1. The molecular formula is C22H29N3O2. The lowest BCUT2D eigenvalue weighted by molar-refractivity contribution is -0.118. The summed E-state index contributed by atoms with van der Waals surface area (Å²) in [6.45, 7) is 6.01. The maximum atomic E-state index is 12.1. The molecule has 0 spiro atoms. The molecule has 0 saturated carbocycles. The number of ether oxygens (including phenoxy) is 1. The van der Waals surface area contributed by atoms with Crippen molar-refractivity contribution in [2.75, 3.05) is 31.6 Å². The number of hydrogen-bond donors (Lipinski definition) is 3. The number of benzene rings is 2. The molecule has 1 heterocycles. The third-order valence-electron chi connectivity index (χ3n) is 4.87. The topological polar surface area (TPSA) is 62.4 Å². The lowest BCUT2D eigenvalue weighted by Crippen LogP contribution is -2.33. The van der Waals surface area contributed by atoms with Gasteiger partial charge in [0.25, 0.3) is 5.91 Å². The van der Waals surface area contributed by atoms with Gasteiger partial charge in [0.05, 0.1) is 0 Å². The zero-order chi connectivity index (χ0) is 18.9. The molecule has 0 aliphatic carbocycles. The van der Waals surface area contributed by atoms with Gasteiger partial charge in [-0.2, -0.15) is 0 Å². The van der Waals surface area contributed by atoms with E-state index in [0.29, 0.717) is 0 Å². The number of hydrogen-bond acceptors (Lipinski definition) is 4. The molecule has 27 heavy (non-hydrogen) atoms. The van der Waals surface area contributed by atoms with E-state index >= 15 is 0 Å². The number of rotatable bonds is 8. The SMILES string of the molecule is Cc1ccc(NC(=O)COc2ccccc2CNCC2CCNCC2)cc1. The van der Waals surface area contributed by atoms with Crippen LogP contribution in [0.4, 0.5) is 5.69 Å². The maximum Gasteiger partial charge on any atom is 0.262 e. The van der Waals surface area contributed by atoms with Gasteiger partial charge in [-0.1, -0.05) is 35.9 Å². The van der Waals surface area contributed by atoms with Crippen LogP contribution in [0.2, 0.25) is 0 Å². The molecule has 0 bridgehead atoms. The first-order valence-electron chi connectivity index (χ1n) is 9.69. The van der Waals surface area contributed by atoms with Crippen LogP contribution in [0, 0.1) is 12.8 Å². The van der Waals surface area contributed by atoms with Crippen LogP contribution in [0.1, 0.15) is 24.0 Å². The van der Waals surface area contributed by atoms with Crippen LogP contribution in [0.25, 0.3) is 0 Å². The van der Waals surface area contributed by atoms with E-state index in [0.717, 1.165) is 54.7 Å². The minimum Gasteiger partial charge on any atom is -0.483 e. The van der Waals surface area contributed by atoms with Crippen molar-refractivity contribution in [3.05, 3.63) is 59.7 Å². The number of para-hydroxylation sites is 1. The number of anilines is 1. The molecule has 1 aliphatic heterocycles. The average molecular weight is 367 g/mol. The molecule has 1 aliphatic rings. The summed E-state index contributed by atoms with van der Waals surface area (Å²) in [6.07, 6.45) is 2.45. The van der Waals surface area contributed by atoms with E-state index in [1.807, 2.05) is 55.5 Å². The largest absolute Gasteiger partial charge is 0.483 e. The molecule has 1 fully saturated rings. The van der Waals surface area contributed by atoms with Crippen molar-refractivity contribution >= 4 is 11.6 Å². The molecule has 1 saturated heterocycles. The Labute approximate surface area is 161 Å². The zero-order valence-electron chi connectivity index (χ0n) is 16.0. The first kappa shape index (κ1) is 19.4. The number of aryl methyl sites for hydroxylation is 1. The predicted molar refractivity (Wildman–Crippen MR) is 109 cm³/mol. The molecule has 0 aromatic heterocycles. The van der Waals surface area contributed by atoms with Crippen molar-refractivity contribution in [1.82, 2.24) is 10.6 Å². The quantitative estimate of drug-likeness (QED) is 0.671. The van der Waals surface area contributed by atoms with Gasteiger partial charge in [-0.05, 0) is 63.5 Å². The Morgan fingerprint density at radius 2 is 1.85 bits per heavy atom. The molecule has 0 radical (unpaired) electrons.